The molecule has 0 unspecified atom stereocenters. The maximum absolute atomic E-state index is 13.0. The van der Waals surface area contributed by atoms with Crippen molar-refractivity contribution >= 4 is 17.3 Å². The van der Waals surface area contributed by atoms with Gasteiger partial charge in [0.2, 0.25) is 0 Å². The molecule has 1 fully saturated rings. The number of carbonyl (C=O) groups excluding carboxylic acids is 1. The minimum atomic E-state index is -0.371. The number of fused-ring (bicyclic) bond motifs is 1. The molecule has 2 aromatic rings. The molecular weight excluding hydrogens is 412 g/mol. The zero-order valence-corrected chi connectivity index (χ0v) is 19.8. The summed E-state index contributed by atoms with van der Waals surface area (Å²) >= 11 is 0. The monoisotopic (exact) mass is 448 g/mol. The second kappa shape index (κ2) is 10.8. The number of aryl methyl sites for hydroxylation is 2. The maximum Gasteiger partial charge on any atom is 0.409 e. The van der Waals surface area contributed by atoms with Crippen LogP contribution in [0.25, 0.3) is 11.2 Å². The molecule has 3 heterocycles. The summed E-state index contributed by atoms with van der Waals surface area (Å²) in [7, 11) is 3.17. The number of nitrogens with zero attached hydrogens (tertiary/aromatic N) is 6. The Labute approximate surface area is 188 Å². The van der Waals surface area contributed by atoms with Crippen molar-refractivity contribution in [2.75, 3.05) is 32.8 Å². The van der Waals surface area contributed by atoms with Crippen LogP contribution < -0.4 is 11.2 Å². The fraction of sp³-hybridized carbons (Fsp3) is 0.727. The van der Waals surface area contributed by atoms with Gasteiger partial charge in [0.1, 0.15) is 5.82 Å². The lowest BCUT2D eigenvalue weighted by Gasteiger charge is -2.33. The van der Waals surface area contributed by atoms with Crippen molar-refractivity contribution in [3.05, 3.63) is 26.7 Å². The van der Waals surface area contributed by atoms with E-state index in [-0.39, 0.29) is 17.3 Å². The number of hydrogen-bond acceptors (Lipinski definition) is 6. The van der Waals surface area contributed by atoms with Crippen LogP contribution in [0.5, 0.6) is 0 Å². The topological polar surface area (TPSA) is 94.6 Å². The first-order valence-corrected chi connectivity index (χ1v) is 11.7. The van der Waals surface area contributed by atoms with Crippen LogP contribution in [0.2, 0.25) is 0 Å². The highest BCUT2D eigenvalue weighted by Gasteiger charge is 2.25. The summed E-state index contributed by atoms with van der Waals surface area (Å²) in [6.45, 7) is 8.22. The Bertz CT molecular complexity index is 1050. The molecule has 0 atom stereocenters. The third-order valence-corrected chi connectivity index (χ3v) is 6.18. The van der Waals surface area contributed by atoms with E-state index in [4.69, 9.17) is 9.72 Å². The van der Waals surface area contributed by atoms with Crippen molar-refractivity contribution in [3.63, 3.8) is 0 Å². The highest BCUT2D eigenvalue weighted by atomic mass is 16.6. The van der Waals surface area contributed by atoms with Gasteiger partial charge in [0, 0.05) is 46.8 Å². The van der Waals surface area contributed by atoms with Gasteiger partial charge in [0.15, 0.2) is 11.2 Å². The maximum atomic E-state index is 13.0. The van der Waals surface area contributed by atoms with Crippen molar-refractivity contribution < 1.29 is 9.53 Å². The standard InChI is InChI=1S/C22H36N6O4/c1-5-7-8-9-10-11-28-17(16-26-12-14-27(15-13-26)22(31)32-6-2)23-19-18(28)20(29)25(4)21(30)24(19)3/h5-16H2,1-4H3. The van der Waals surface area contributed by atoms with Crippen molar-refractivity contribution in [1.82, 2.24) is 28.5 Å². The first kappa shape index (κ1) is 24.0. The zero-order chi connectivity index (χ0) is 23.3. The average molecular weight is 449 g/mol. The summed E-state index contributed by atoms with van der Waals surface area (Å²) in [5, 5.41) is 0. The molecule has 3 rings (SSSR count). The van der Waals surface area contributed by atoms with E-state index in [0.717, 1.165) is 23.2 Å². The van der Waals surface area contributed by atoms with E-state index in [1.807, 2.05) is 4.57 Å². The first-order valence-electron chi connectivity index (χ1n) is 11.7. The van der Waals surface area contributed by atoms with Crippen LogP contribution in [0.3, 0.4) is 0 Å². The van der Waals surface area contributed by atoms with Crippen LogP contribution >= 0.6 is 0 Å². The molecule has 1 aliphatic rings. The summed E-state index contributed by atoms with van der Waals surface area (Å²) in [5.74, 6) is 0.790. The minimum Gasteiger partial charge on any atom is -0.450 e. The Morgan fingerprint density at radius 3 is 2.31 bits per heavy atom. The molecule has 32 heavy (non-hydrogen) atoms. The molecular formula is C22H36N6O4. The van der Waals surface area contributed by atoms with Gasteiger partial charge in [-0.2, -0.15) is 0 Å². The predicted molar refractivity (Wildman–Crippen MR) is 123 cm³/mol. The molecule has 0 spiro atoms. The molecule has 0 radical (unpaired) electrons. The summed E-state index contributed by atoms with van der Waals surface area (Å²) in [6.07, 6.45) is 5.34. The van der Waals surface area contributed by atoms with Gasteiger partial charge in [-0.15, -0.1) is 0 Å². The molecule has 1 amide bonds. The molecule has 10 nitrogen and oxygen atoms in total. The van der Waals surface area contributed by atoms with Crippen LogP contribution in [0.4, 0.5) is 4.79 Å². The molecule has 178 valence electrons. The number of hydrogen-bond donors (Lipinski definition) is 0. The smallest absolute Gasteiger partial charge is 0.409 e. The van der Waals surface area contributed by atoms with E-state index in [1.165, 1.54) is 30.9 Å². The summed E-state index contributed by atoms with van der Waals surface area (Å²) in [6, 6.07) is 0. The Balaban J connectivity index is 1.84. The van der Waals surface area contributed by atoms with Gasteiger partial charge in [0.05, 0.1) is 13.2 Å². The number of amides is 1. The van der Waals surface area contributed by atoms with Crippen LogP contribution in [0.1, 0.15) is 51.8 Å². The number of aromatic nitrogens is 4. The molecule has 0 aromatic carbocycles. The van der Waals surface area contributed by atoms with Crippen molar-refractivity contribution in [2.45, 2.75) is 59.0 Å². The molecule has 0 N–H and O–H groups in total. The Kier molecular flexibility index (Phi) is 8.11. The predicted octanol–water partition coefficient (Wildman–Crippen LogP) is 1.68. The van der Waals surface area contributed by atoms with Crippen LogP contribution in [-0.4, -0.2) is 67.4 Å². The van der Waals surface area contributed by atoms with Gasteiger partial charge in [0.25, 0.3) is 5.56 Å². The largest absolute Gasteiger partial charge is 0.450 e. The molecule has 0 bridgehead atoms. The first-order chi connectivity index (χ1) is 15.4. The van der Waals surface area contributed by atoms with Gasteiger partial charge >= 0.3 is 11.8 Å². The lowest BCUT2D eigenvalue weighted by Crippen LogP contribution is -2.48. The Morgan fingerprint density at radius 2 is 1.66 bits per heavy atom. The third kappa shape index (κ3) is 5.06. The van der Waals surface area contributed by atoms with E-state index in [2.05, 4.69) is 11.8 Å². The van der Waals surface area contributed by atoms with Crippen molar-refractivity contribution in [2.24, 2.45) is 14.1 Å². The summed E-state index contributed by atoms with van der Waals surface area (Å²) in [4.78, 5) is 46.0. The summed E-state index contributed by atoms with van der Waals surface area (Å²) in [5.41, 5.74) is 0.254. The van der Waals surface area contributed by atoms with Crippen LogP contribution in [0, 0.1) is 0 Å². The molecule has 1 aliphatic heterocycles. The van der Waals surface area contributed by atoms with E-state index in [9.17, 15) is 14.4 Å². The van der Waals surface area contributed by atoms with E-state index in [0.29, 0.717) is 57.0 Å². The van der Waals surface area contributed by atoms with Gasteiger partial charge in [-0.05, 0) is 13.3 Å². The van der Waals surface area contributed by atoms with Crippen LogP contribution in [-0.2, 0) is 31.9 Å². The number of imidazole rings is 1. The van der Waals surface area contributed by atoms with Crippen LogP contribution in [0.15, 0.2) is 9.59 Å². The molecule has 10 heteroatoms. The molecule has 2 aromatic heterocycles. The fourth-order valence-corrected chi connectivity index (χ4v) is 4.23. The quantitative estimate of drug-likeness (QED) is 0.542. The number of carbonyl (C=O) groups is 1. The van der Waals surface area contributed by atoms with Crippen molar-refractivity contribution in [1.29, 1.82) is 0 Å². The van der Waals surface area contributed by atoms with E-state index < -0.39 is 0 Å². The third-order valence-electron chi connectivity index (χ3n) is 6.18. The number of rotatable bonds is 9. The highest BCUT2D eigenvalue weighted by molar-refractivity contribution is 5.71. The van der Waals surface area contributed by atoms with E-state index >= 15 is 0 Å². The number of ether oxygens (including phenoxy) is 1. The number of piperazine rings is 1. The number of unbranched alkanes of at least 4 members (excludes halogenated alkanes) is 4. The SMILES string of the molecule is CCCCCCCn1c(CN2CCN(C(=O)OCC)CC2)nc2c1c(=O)n(C)c(=O)n2C. The van der Waals surface area contributed by atoms with Gasteiger partial charge in [-0.25, -0.2) is 14.6 Å². The Morgan fingerprint density at radius 1 is 0.969 bits per heavy atom. The second-order valence-corrected chi connectivity index (χ2v) is 8.43. The molecule has 0 aliphatic carbocycles. The lowest BCUT2D eigenvalue weighted by molar-refractivity contribution is 0.0769. The Hall–Kier alpha value is -2.62. The highest BCUT2D eigenvalue weighted by Crippen LogP contribution is 2.16. The fourth-order valence-electron chi connectivity index (χ4n) is 4.23. The van der Waals surface area contributed by atoms with Gasteiger partial charge in [-0.1, -0.05) is 32.6 Å². The zero-order valence-electron chi connectivity index (χ0n) is 19.8. The van der Waals surface area contributed by atoms with Crippen molar-refractivity contribution in [3.8, 4) is 0 Å². The normalized spacial score (nSPS) is 14.9. The van der Waals surface area contributed by atoms with Gasteiger partial charge in [-0.3, -0.25) is 18.8 Å². The minimum absolute atomic E-state index is 0.273. The average Bonchev–Trinajstić information content (AvgIpc) is 3.15. The summed E-state index contributed by atoms with van der Waals surface area (Å²) < 4.78 is 9.70. The second-order valence-electron chi connectivity index (χ2n) is 8.43. The molecule has 1 saturated heterocycles. The van der Waals surface area contributed by atoms with E-state index in [1.54, 1.807) is 18.9 Å². The van der Waals surface area contributed by atoms with Gasteiger partial charge < -0.3 is 14.2 Å². The lowest BCUT2D eigenvalue weighted by atomic mass is 10.1. The molecule has 0 saturated carbocycles.